The van der Waals surface area contributed by atoms with Crippen LogP contribution in [-0.2, 0) is 0 Å². The highest BCUT2D eigenvalue weighted by Gasteiger charge is 2.18. The third kappa shape index (κ3) is 3.63. The van der Waals surface area contributed by atoms with Gasteiger partial charge in [-0.05, 0) is 49.5 Å². The second-order valence-corrected chi connectivity index (χ2v) is 8.38. The first kappa shape index (κ1) is 19.9. The molecule has 3 N–H and O–H groups in total. The van der Waals surface area contributed by atoms with E-state index in [4.69, 9.17) is 35.4 Å². The molecule has 0 saturated heterocycles. The molecule has 5 rings (SSSR count). The molecule has 0 unspecified atom stereocenters. The maximum atomic E-state index is 6.41. The summed E-state index contributed by atoms with van der Waals surface area (Å²) in [4.78, 5) is 10.8. The molecule has 0 bridgehead atoms. The number of para-hydroxylation sites is 1. The molecule has 0 amide bonds. The molecule has 154 valence electrons. The van der Waals surface area contributed by atoms with Crippen molar-refractivity contribution in [1.29, 1.82) is 0 Å². The van der Waals surface area contributed by atoms with E-state index in [0.717, 1.165) is 28.0 Å². The Morgan fingerprint density at radius 3 is 2.48 bits per heavy atom. The molecule has 5 aromatic rings. The van der Waals surface area contributed by atoms with Crippen LogP contribution in [0.3, 0.4) is 0 Å². The van der Waals surface area contributed by atoms with Crippen LogP contribution in [-0.4, -0.2) is 19.5 Å². The molecule has 0 spiro atoms. The van der Waals surface area contributed by atoms with Crippen LogP contribution in [0.15, 0.2) is 67.0 Å². The van der Waals surface area contributed by atoms with Crippen LogP contribution in [0.2, 0.25) is 10.0 Å². The first-order chi connectivity index (χ1) is 15.0. The van der Waals surface area contributed by atoms with E-state index in [0.29, 0.717) is 26.3 Å². The molecule has 0 aliphatic heterocycles. The number of aromatic nitrogens is 4. The molecule has 0 radical (unpaired) electrons. The number of aromatic amines is 2. The van der Waals surface area contributed by atoms with Crippen molar-refractivity contribution in [3.63, 3.8) is 0 Å². The van der Waals surface area contributed by atoms with Gasteiger partial charge in [0.15, 0.2) is 4.77 Å². The minimum atomic E-state index is 0.522. The van der Waals surface area contributed by atoms with E-state index >= 15 is 0 Å². The Morgan fingerprint density at radius 1 is 1.00 bits per heavy atom. The molecule has 0 atom stereocenters. The van der Waals surface area contributed by atoms with Crippen LogP contribution < -0.4 is 5.32 Å². The average molecular weight is 466 g/mol. The second-order valence-electron chi connectivity index (χ2n) is 7.18. The van der Waals surface area contributed by atoms with Crippen molar-refractivity contribution < 1.29 is 0 Å². The van der Waals surface area contributed by atoms with Gasteiger partial charge in [0.05, 0.1) is 44.5 Å². The Hall–Kier alpha value is -3.06. The standard InChI is InChI=1S/C23H17Cl2N5S/c1-13-5-7-14(8-6-13)21-22(28-20-16(24)3-2-4-17(20)25)29-23(31)30(21)15-9-10-18-19(11-15)27-12-26-18/h2-12,28H,1H3,(H,26,27)(H,29,31). The highest BCUT2D eigenvalue weighted by atomic mass is 35.5. The van der Waals surface area contributed by atoms with Crippen molar-refractivity contribution >= 4 is 58.0 Å². The van der Waals surface area contributed by atoms with E-state index < -0.39 is 0 Å². The lowest BCUT2D eigenvalue weighted by Crippen LogP contribution is -2.00. The predicted octanol–water partition coefficient (Wildman–Crippen LogP) is 7.44. The number of rotatable bonds is 4. The molecule has 0 aliphatic carbocycles. The highest BCUT2D eigenvalue weighted by molar-refractivity contribution is 7.71. The number of H-pyrrole nitrogens is 2. The zero-order valence-electron chi connectivity index (χ0n) is 16.4. The van der Waals surface area contributed by atoms with E-state index in [1.54, 1.807) is 18.5 Å². The number of halogens is 2. The van der Waals surface area contributed by atoms with Crippen molar-refractivity contribution in [2.75, 3.05) is 5.32 Å². The van der Waals surface area contributed by atoms with Crippen molar-refractivity contribution in [3.05, 3.63) is 87.4 Å². The van der Waals surface area contributed by atoms with Gasteiger partial charge in [-0.15, -0.1) is 0 Å². The van der Waals surface area contributed by atoms with Crippen molar-refractivity contribution in [3.8, 4) is 16.9 Å². The summed E-state index contributed by atoms with van der Waals surface area (Å²) < 4.78 is 2.54. The fourth-order valence-corrected chi connectivity index (χ4v) is 4.35. The Morgan fingerprint density at radius 2 is 1.74 bits per heavy atom. The lowest BCUT2D eigenvalue weighted by atomic mass is 10.1. The van der Waals surface area contributed by atoms with Gasteiger partial charge in [0.2, 0.25) is 0 Å². The Kier molecular flexibility index (Phi) is 5.06. The zero-order chi connectivity index (χ0) is 21.5. The van der Waals surface area contributed by atoms with Crippen molar-refractivity contribution in [2.24, 2.45) is 0 Å². The number of hydrogen-bond donors (Lipinski definition) is 3. The van der Waals surface area contributed by atoms with Crippen LogP contribution >= 0.6 is 35.4 Å². The second kappa shape index (κ2) is 7.89. The topological polar surface area (TPSA) is 61.4 Å². The smallest absolute Gasteiger partial charge is 0.183 e. The highest BCUT2D eigenvalue weighted by Crippen LogP contribution is 2.37. The van der Waals surface area contributed by atoms with E-state index in [2.05, 4.69) is 51.5 Å². The normalized spacial score (nSPS) is 11.2. The summed E-state index contributed by atoms with van der Waals surface area (Å²) in [7, 11) is 0. The molecule has 0 fully saturated rings. The van der Waals surface area contributed by atoms with Crippen LogP contribution in [0.5, 0.6) is 0 Å². The molecule has 31 heavy (non-hydrogen) atoms. The Bertz CT molecular complexity index is 1440. The fraction of sp³-hybridized carbons (Fsp3) is 0.0435. The molecular formula is C23H17Cl2N5S. The summed E-state index contributed by atoms with van der Waals surface area (Å²) in [6.07, 6.45) is 1.68. The summed E-state index contributed by atoms with van der Waals surface area (Å²) in [5, 5.41) is 4.40. The number of fused-ring (bicyclic) bond motifs is 1. The van der Waals surface area contributed by atoms with Gasteiger partial charge in [0.1, 0.15) is 5.82 Å². The van der Waals surface area contributed by atoms with Gasteiger partial charge in [-0.3, -0.25) is 4.57 Å². The number of imidazole rings is 2. The third-order valence-electron chi connectivity index (χ3n) is 5.10. The number of hydrogen-bond acceptors (Lipinski definition) is 3. The molecule has 2 heterocycles. The zero-order valence-corrected chi connectivity index (χ0v) is 18.7. The van der Waals surface area contributed by atoms with Crippen LogP contribution in [0.25, 0.3) is 28.0 Å². The largest absolute Gasteiger partial charge is 0.345 e. The first-order valence-electron chi connectivity index (χ1n) is 9.58. The molecule has 8 heteroatoms. The molecule has 0 saturated carbocycles. The maximum absolute atomic E-state index is 6.41. The predicted molar refractivity (Wildman–Crippen MR) is 131 cm³/mol. The van der Waals surface area contributed by atoms with Crippen LogP contribution in [0.4, 0.5) is 11.5 Å². The molecular weight excluding hydrogens is 449 g/mol. The summed E-state index contributed by atoms with van der Waals surface area (Å²) in [5.41, 5.74) is 6.39. The van der Waals surface area contributed by atoms with Gasteiger partial charge >= 0.3 is 0 Å². The lowest BCUT2D eigenvalue weighted by Gasteiger charge is -2.14. The SMILES string of the molecule is Cc1ccc(-c2c(Nc3c(Cl)cccc3Cl)[nH]c(=S)n2-c2ccc3nc[nH]c3c2)cc1. The number of nitrogens with zero attached hydrogens (tertiary/aromatic N) is 2. The van der Waals surface area contributed by atoms with E-state index in [1.807, 2.05) is 28.8 Å². The molecule has 5 nitrogen and oxygen atoms in total. The number of aryl methyl sites for hydroxylation is 1. The van der Waals surface area contributed by atoms with Gasteiger partial charge in [-0.1, -0.05) is 59.1 Å². The number of benzene rings is 3. The van der Waals surface area contributed by atoms with Crippen molar-refractivity contribution in [2.45, 2.75) is 6.92 Å². The minimum absolute atomic E-state index is 0.522. The minimum Gasteiger partial charge on any atom is -0.345 e. The van der Waals surface area contributed by atoms with E-state index in [1.165, 1.54) is 5.56 Å². The average Bonchev–Trinajstić information content (AvgIpc) is 3.35. The van der Waals surface area contributed by atoms with Gasteiger partial charge in [0.25, 0.3) is 0 Å². The van der Waals surface area contributed by atoms with E-state index in [9.17, 15) is 0 Å². The van der Waals surface area contributed by atoms with E-state index in [-0.39, 0.29) is 0 Å². The van der Waals surface area contributed by atoms with Crippen LogP contribution in [0.1, 0.15) is 5.56 Å². The quantitative estimate of drug-likeness (QED) is 0.241. The molecule has 3 aromatic carbocycles. The third-order valence-corrected chi connectivity index (χ3v) is 6.01. The fourth-order valence-electron chi connectivity index (χ4n) is 3.56. The van der Waals surface area contributed by atoms with Gasteiger partial charge < -0.3 is 15.3 Å². The molecule has 0 aliphatic rings. The number of anilines is 2. The van der Waals surface area contributed by atoms with Crippen molar-refractivity contribution in [1.82, 2.24) is 19.5 Å². The summed E-state index contributed by atoms with van der Waals surface area (Å²) in [5.74, 6) is 0.702. The van der Waals surface area contributed by atoms with Gasteiger partial charge in [-0.2, -0.15) is 0 Å². The Balaban J connectivity index is 1.74. The molecule has 2 aromatic heterocycles. The van der Waals surface area contributed by atoms with Crippen LogP contribution in [0, 0.1) is 11.7 Å². The number of nitrogens with one attached hydrogen (secondary N) is 3. The monoisotopic (exact) mass is 465 g/mol. The van der Waals surface area contributed by atoms with Gasteiger partial charge in [-0.25, -0.2) is 4.98 Å². The summed E-state index contributed by atoms with van der Waals surface area (Å²) in [6, 6.07) is 19.7. The summed E-state index contributed by atoms with van der Waals surface area (Å²) >= 11 is 18.5. The Labute approximate surface area is 193 Å². The lowest BCUT2D eigenvalue weighted by molar-refractivity contribution is 1.04. The maximum Gasteiger partial charge on any atom is 0.183 e. The first-order valence-corrected chi connectivity index (χ1v) is 10.7. The van der Waals surface area contributed by atoms with Gasteiger partial charge in [0, 0.05) is 5.56 Å². The summed E-state index contributed by atoms with van der Waals surface area (Å²) in [6.45, 7) is 2.06.